The molecule has 5 rings (SSSR count). The zero-order valence-corrected chi connectivity index (χ0v) is 17.0. The third-order valence-electron chi connectivity index (χ3n) is 6.23. The maximum atomic E-state index is 13.3. The quantitative estimate of drug-likeness (QED) is 0.598. The number of hydrogen-bond acceptors (Lipinski definition) is 3. The third-order valence-corrected chi connectivity index (χ3v) is 6.23. The number of Topliss-reactive ketones (excluding diaryl/α,β-unsaturated/α-hetero) is 1. The van der Waals surface area contributed by atoms with Crippen LogP contribution >= 0.6 is 0 Å². The lowest BCUT2D eigenvalue weighted by Crippen LogP contribution is -2.39. The van der Waals surface area contributed by atoms with Crippen molar-refractivity contribution in [3.63, 3.8) is 0 Å². The van der Waals surface area contributed by atoms with Crippen LogP contribution in [-0.4, -0.2) is 12.9 Å². The Morgan fingerprint density at radius 1 is 0.966 bits per heavy atom. The van der Waals surface area contributed by atoms with E-state index in [9.17, 15) is 4.79 Å². The summed E-state index contributed by atoms with van der Waals surface area (Å²) < 4.78 is 5.35. The highest BCUT2D eigenvalue weighted by atomic mass is 16.5. The smallest absolute Gasteiger partial charge is 0.143 e. The molecule has 0 saturated heterocycles. The SMILES string of the molecule is COc1ccc([C@@H]2c3ccc4ccccc4c3NC3=CC(C)(C)CC(=O)[C@H]32)cc1. The van der Waals surface area contributed by atoms with Gasteiger partial charge in [-0.1, -0.05) is 68.5 Å². The molecule has 0 radical (unpaired) electrons. The Hall–Kier alpha value is -3.07. The summed E-state index contributed by atoms with van der Waals surface area (Å²) in [5.41, 5.74) is 4.35. The summed E-state index contributed by atoms with van der Waals surface area (Å²) in [6, 6.07) is 20.9. The average Bonchev–Trinajstić information content (AvgIpc) is 2.71. The minimum Gasteiger partial charge on any atom is -0.497 e. The van der Waals surface area contributed by atoms with Gasteiger partial charge in [-0.15, -0.1) is 0 Å². The van der Waals surface area contributed by atoms with Gasteiger partial charge in [0.25, 0.3) is 0 Å². The van der Waals surface area contributed by atoms with Crippen molar-refractivity contribution >= 4 is 22.2 Å². The molecule has 1 aliphatic carbocycles. The predicted octanol–water partition coefficient (Wildman–Crippen LogP) is 5.90. The van der Waals surface area contributed by atoms with E-state index >= 15 is 0 Å². The van der Waals surface area contributed by atoms with Crippen molar-refractivity contribution in [3.05, 3.63) is 83.6 Å². The summed E-state index contributed by atoms with van der Waals surface area (Å²) in [7, 11) is 1.68. The molecule has 0 fully saturated rings. The summed E-state index contributed by atoms with van der Waals surface area (Å²) in [6.07, 6.45) is 2.83. The maximum absolute atomic E-state index is 13.3. The minimum atomic E-state index is -0.176. The minimum absolute atomic E-state index is 0.00314. The van der Waals surface area contributed by atoms with E-state index in [0.29, 0.717) is 12.2 Å². The van der Waals surface area contributed by atoms with Crippen molar-refractivity contribution in [2.75, 3.05) is 12.4 Å². The molecule has 29 heavy (non-hydrogen) atoms. The van der Waals surface area contributed by atoms with Gasteiger partial charge >= 0.3 is 0 Å². The molecule has 146 valence electrons. The molecule has 2 atom stereocenters. The fourth-order valence-electron chi connectivity index (χ4n) is 4.97. The summed E-state index contributed by atoms with van der Waals surface area (Å²) in [4.78, 5) is 13.3. The number of carbonyl (C=O) groups excluding carboxylic acids is 1. The van der Waals surface area contributed by atoms with Gasteiger partial charge in [0.1, 0.15) is 11.5 Å². The molecule has 0 unspecified atom stereocenters. The van der Waals surface area contributed by atoms with Crippen LogP contribution < -0.4 is 10.1 Å². The maximum Gasteiger partial charge on any atom is 0.143 e. The topological polar surface area (TPSA) is 38.3 Å². The number of rotatable bonds is 2. The van der Waals surface area contributed by atoms with E-state index in [4.69, 9.17) is 4.74 Å². The number of nitrogens with one attached hydrogen (secondary N) is 1. The zero-order chi connectivity index (χ0) is 20.2. The van der Waals surface area contributed by atoms with Crippen LogP contribution in [0.25, 0.3) is 10.8 Å². The van der Waals surface area contributed by atoms with E-state index in [1.807, 2.05) is 12.1 Å². The standard InChI is InChI=1S/C26H25NO2/c1-26(2)14-21-24(22(28)15-26)23(17-8-11-18(29-3)12-9-17)20-13-10-16-6-4-5-7-19(16)25(20)27-21/h4-14,23-24,27H,15H2,1-3H3/t23-,24+/m1/s1. The number of carbonyl (C=O) groups is 1. The van der Waals surface area contributed by atoms with E-state index < -0.39 is 0 Å². The second kappa shape index (κ2) is 6.48. The van der Waals surface area contributed by atoms with Crippen molar-refractivity contribution in [1.29, 1.82) is 0 Å². The van der Waals surface area contributed by atoms with E-state index in [1.165, 1.54) is 16.3 Å². The van der Waals surface area contributed by atoms with Crippen LogP contribution in [0.4, 0.5) is 5.69 Å². The fourth-order valence-corrected chi connectivity index (χ4v) is 4.97. The second-order valence-electron chi connectivity index (χ2n) is 8.84. The van der Waals surface area contributed by atoms with Crippen LogP contribution in [0, 0.1) is 11.3 Å². The molecule has 3 aromatic carbocycles. The second-order valence-corrected chi connectivity index (χ2v) is 8.84. The van der Waals surface area contributed by atoms with Crippen molar-refractivity contribution in [2.24, 2.45) is 11.3 Å². The molecule has 0 spiro atoms. The van der Waals surface area contributed by atoms with E-state index in [2.05, 4.69) is 73.8 Å². The Balaban J connectivity index is 1.77. The Morgan fingerprint density at radius 3 is 2.48 bits per heavy atom. The first-order valence-corrected chi connectivity index (χ1v) is 10.1. The number of ketones is 1. The molecular formula is C26H25NO2. The Bertz CT molecular complexity index is 1140. The molecule has 1 heterocycles. The Kier molecular flexibility index (Phi) is 4.02. The van der Waals surface area contributed by atoms with Gasteiger partial charge < -0.3 is 10.1 Å². The number of fused-ring (bicyclic) bond motifs is 4. The van der Waals surface area contributed by atoms with E-state index in [0.717, 1.165) is 22.7 Å². The number of hydrogen-bond donors (Lipinski definition) is 1. The Morgan fingerprint density at radius 2 is 1.72 bits per heavy atom. The van der Waals surface area contributed by atoms with Gasteiger partial charge in [-0.3, -0.25) is 4.79 Å². The van der Waals surface area contributed by atoms with Gasteiger partial charge in [0.05, 0.1) is 18.7 Å². The number of ether oxygens (including phenoxy) is 1. The van der Waals surface area contributed by atoms with E-state index in [1.54, 1.807) is 7.11 Å². The lowest BCUT2D eigenvalue weighted by Gasteiger charge is -2.42. The van der Waals surface area contributed by atoms with Gasteiger partial charge in [-0.05, 0) is 34.1 Å². The van der Waals surface area contributed by atoms with Gasteiger partial charge in [-0.2, -0.15) is 0 Å². The monoisotopic (exact) mass is 383 g/mol. The predicted molar refractivity (Wildman–Crippen MR) is 117 cm³/mol. The highest BCUT2D eigenvalue weighted by Gasteiger charge is 2.43. The normalized spacial score (nSPS) is 22.3. The van der Waals surface area contributed by atoms with Crippen LogP contribution in [0.15, 0.2) is 72.4 Å². The number of anilines is 1. The highest BCUT2D eigenvalue weighted by molar-refractivity contribution is 6.00. The first-order valence-electron chi connectivity index (χ1n) is 10.1. The van der Waals surface area contributed by atoms with Gasteiger partial charge in [0.2, 0.25) is 0 Å². The molecule has 3 nitrogen and oxygen atoms in total. The molecule has 3 aromatic rings. The molecule has 1 N–H and O–H groups in total. The van der Waals surface area contributed by atoms with Crippen LogP contribution in [0.1, 0.15) is 37.3 Å². The van der Waals surface area contributed by atoms with Gasteiger partial charge in [-0.25, -0.2) is 0 Å². The molecule has 1 aliphatic heterocycles. The van der Waals surface area contributed by atoms with Crippen LogP contribution in [0.3, 0.4) is 0 Å². The van der Waals surface area contributed by atoms with Crippen LogP contribution in [-0.2, 0) is 4.79 Å². The van der Waals surface area contributed by atoms with Crippen LogP contribution in [0.5, 0.6) is 5.75 Å². The molecule has 2 aliphatic rings. The van der Waals surface area contributed by atoms with Crippen LogP contribution in [0.2, 0.25) is 0 Å². The Labute approximate surface area is 171 Å². The molecule has 0 saturated carbocycles. The van der Waals surface area contributed by atoms with E-state index in [-0.39, 0.29) is 17.3 Å². The molecular weight excluding hydrogens is 358 g/mol. The average molecular weight is 383 g/mol. The van der Waals surface area contributed by atoms with Crippen molar-refractivity contribution in [1.82, 2.24) is 0 Å². The number of allylic oxidation sites excluding steroid dienone is 2. The molecule has 0 aromatic heterocycles. The number of methoxy groups -OCH3 is 1. The zero-order valence-electron chi connectivity index (χ0n) is 17.0. The summed E-state index contributed by atoms with van der Waals surface area (Å²) >= 11 is 0. The summed E-state index contributed by atoms with van der Waals surface area (Å²) in [6.45, 7) is 4.27. The largest absolute Gasteiger partial charge is 0.497 e. The first kappa shape index (κ1) is 18.0. The third kappa shape index (κ3) is 2.93. The van der Waals surface area contributed by atoms with Crippen molar-refractivity contribution < 1.29 is 9.53 Å². The lowest BCUT2D eigenvalue weighted by atomic mass is 9.66. The molecule has 3 heteroatoms. The summed E-state index contributed by atoms with van der Waals surface area (Å²) in [5.74, 6) is 0.953. The lowest BCUT2D eigenvalue weighted by molar-refractivity contribution is -0.124. The first-order chi connectivity index (χ1) is 14.0. The fraction of sp³-hybridized carbons (Fsp3) is 0.269. The number of benzene rings is 3. The van der Waals surface area contributed by atoms with Crippen molar-refractivity contribution in [2.45, 2.75) is 26.2 Å². The van der Waals surface area contributed by atoms with Gasteiger partial charge in [0.15, 0.2) is 0 Å². The summed E-state index contributed by atoms with van der Waals surface area (Å²) in [5, 5.41) is 6.06. The molecule has 0 bridgehead atoms. The van der Waals surface area contributed by atoms with Crippen molar-refractivity contribution in [3.8, 4) is 5.75 Å². The molecule has 0 amide bonds. The highest BCUT2D eigenvalue weighted by Crippen LogP contribution is 2.51. The van der Waals surface area contributed by atoms with Gasteiger partial charge in [0, 0.05) is 23.4 Å².